The first kappa shape index (κ1) is 15.3. The molecule has 0 bridgehead atoms. The molecule has 2 aliphatic rings. The Kier molecular flexibility index (Phi) is 3.78. The molecule has 0 radical (unpaired) electrons. The van der Waals surface area contributed by atoms with Crippen LogP contribution in [-0.4, -0.2) is 37.1 Å². The molecule has 1 heterocycles. The fourth-order valence-corrected chi connectivity index (χ4v) is 5.74. The van der Waals surface area contributed by atoms with Crippen molar-refractivity contribution in [1.82, 2.24) is 4.31 Å². The second kappa shape index (κ2) is 4.71. The summed E-state index contributed by atoms with van der Waals surface area (Å²) >= 11 is 0. The van der Waals surface area contributed by atoms with Gasteiger partial charge in [0, 0.05) is 13.1 Å². The molecule has 1 unspecified atom stereocenters. The number of nitrogens with zero attached hydrogens (tertiary/aromatic N) is 1. The maximum absolute atomic E-state index is 12.0. The average Bonchev–Trinajstić information content (AvgIpc) is 2.51. The van der Waals surface area contributed by atoms with Crippen LogP contribution in [0.15, 0.2) is 0 Å². The van der Waals surface area contributed by atoms with E-state index < -0.39 is 10.0 Å². The lowest BCUT2D eigenvalue weighted by Crippen LogP contribution is -2.55. The van der Waals surface area contributed by atoms with E-state index in [0.29, 0.717) is 11.3 Å². The number of rotatable bonds is 2. The van der Waals surface area contributed by atoms with E-state index in [2.05, 4.69) is 20.8 Å². The largest absolute Gasteiger partial charge is 0.325 e. The SMILES string of the molecule is CCC(C)(C)C1CCC2(CC1)C(N)CS(=O)(=O)N2C. The lowest BCUT2D eigenvalue weighted by atomic mass is 9.64. The summed E-state index contributed by atoms with van der Waals surface area (Å²) in [6.07, 6.45) is 5.18. The molecular weight excluding hydrogens is 260 g/mol. The van der Waals surface area contributed by atoms with Gasteiger partial charge in [-0.25, -0.2) is 8.42 Å². The van der Waals surface area contributed by atoms with Crippen molar-refractivity contribution >= 4 is 10.0 Å². The van der Waals surface area contributed by atoms with Gasteiger partial charge in [0.25, 0.3) is 0 Å². The minimum absolute atomic E-state index is 0.116. The third kappa shape index (κ3) is 2.34. The maximum atomic E-state index is 12.0. The highest BCUT2D eigenvalue weighted by atomic mass is 32.2. The van der Waals surface area contributed by atoms with Crippen LogP contribution in [0.2, 0.25) is 0 Å². The number of nitrogens with two attached hydrogens (primary N) is 1. The van der Waals surface area contributed by atoms with E-state index in [1.54, 1.807) is 11.4 Å². The highest BCUT2D eigenvalue weighted by Gasteiger charge is 2.55. The summed E-state index contributed by atoms with van der Waals surface area (Å²) in [6.45, 7) is 6.89. The molecule has 2 rings (SSSR count). The van der Waals surface area contributed by atoms with Crippen LogP contribution in [0.1, 0.15) is 52.9 Å². The van der Waals surface area contributed by atoms with Crippen molar-refractivity contribution in [2.75, 3.05) is 12.8 Å². The molecule has 2 fully saturated rings. The van der Waals surface area contributed by atoms with Gasteiger partial charge in [0.1, 0.15) is 0 Å². The Hall–Kier alpha value is -0.130. The molecule has 4 nitrogen and oxygen atoms in total. The minimum atomic E-state index is -3.13. The quantitative estimate of drug-likeness (QED) is 0.845. The third-order valence-electron chi connectivity index (χ3n) is 5.99. The lowest BCUT2D eigenvalue weighted by Gasteiger charge is -2.47. The fourth-order valence-electron chi connectivity index (χ4n) is 3.88. The topological polar surface area (TPSA) is 63.4 Å². The molecule has 0 aromatic carbocycles. The molecule has 0 aromatic heterocycles. The van der Waals surface area contributed by atoms with Crippen molar-refractivity contribution in [3.63, 3.8) is 0 Å². The van der Waals surface area contributed by atoms with Gasteiger partial charge in [0.05, 0.1) is 11.3 Å². The van der Waals surface area contributed by atoms with Gasteiger partial charge >= 0.3 is 0 Å². The molecule has 1 saturated heterocycles. The molecule has 2 N–H and O–H groups in total. The summed E-state index contributed by atoms with van der Waals surface area (Å²) in [5.41, 5.74) is 6.22. The molecule has 1 aliphatic heterocycles. The second-order valence-corrected chi connectivity index (χ2v) is 9.12. The van der Waals surface area contributed by atoms with Crippen LogP contribution < -0.4 is 5.73 Å². The van der Waals surface area contributed by atoms with Crippen LogP contribution in [0.4, 0.5) is 0 Å². The second-order valence-electron chi connectivity index (χ2n) is 7.07. The van der Waals surface area contributed by atoms with Gasteiger partial charge in [-0.2, -0.15) is 4.31 Å². The first-order valence-electron chi connectivity index (χ1n) is 7.38. The van der Waals surface area contributed by atoms with Crippen molar-refractivity contribution in [1.29, 1.82) is 0 Å². The number of hydrogen-bond donors (Lipinski definition) is 1. The zero-order valence-corrected chi connectivity index (χ0v) is 13.5. The highest BCUT2D eigenvalue weighted by molar-refractivity contribution is 7.89. The van der Waals surface area contributed by atoms with Crippen molar-refractivity contribution in [2.24, 2.45) is 17.1 Å². The van der Waals surface area contributed by atoms with Gasteiger partial charge in [0.2, 0.25) is 10.0 Å². The van der Waals surface area contributed by atoms with Crippen molar-refractivity contribution in [2.45, 2.75) is 64.5 Å². The lowest BCUT2D eigenvalue weighted by molar-refractivity contribution is 0.0648. The highest BCUT2D eigenvalue weighted by Crippen LogP contribution is 2.48. The summed E-state index contributed by atoms with van der Waals surface area (Å²) in [4.78, 5) is 0. The van der Waals surface area contributed by atoms with Crippen LogP contribution in [0, 0.1) is 11.3 Å². The Balaban J connectivity index is 2.15. The normalized spacial score (nSPS) is 39.8. The Morgan fingerprint density at radius 2 is 1.84 bits per heavy atom. The maximum Gasteiger partial charge on any atom is 0.216 e. The summed E-state index contributed by atoms with van der Waals surface area (Å²) < 4.78 is 25.6. The van der Waals surface area contributed by atoms with E-state index in [4.69, 9.17) is 5.73 Å². The van der Waals surface area contributed by atoms with Gasteiger partial charge in [0.15, 0.2) is 0 Å². The van der Waals surface area contributed by atoms with Gasteiger partial charge in [-0.15, -0.1) is 0 Å². The Labute approximate surface area is 117 Å². The summed E-state index contributed by atoms with van der Waals surface area (Å²) in [7, 11) is -1.42. The predicted octanol–water partition coefficient (Wildman–Crippen LogP) is 1.95. The Morgan fingerprint density at radius 1 is 1.32 bits per heavy atom. The van der Waals surface area contributed by atoms with Crippen molar-refractivity contribution in [3.8, 4) is 0 Å². The van der Waals surface area contributed by atoms with Gasteiger partial charge in [-0.05, 0) is 37.0 Å². The Bertz CT molecular complexity index is 436. The van der Waals surface area contributed by atoms with Crippen LogP contribution in [-0.2, 0) is 10.0 Å². The molecule has 0 aromatic rings. The molecule has 1 saturated carbocycles. The molecular formula is C14H28N2O2S. The van der Waals surface area contributed by atoms with E-state index in [1.165, 1.54) is 6.42 Å². The van der Waals surface area contributed by atoms with Gasteiger partial charge in [-0.1, -0.05) is 27.2 Å². The molecule has 1 atom stereocenters. The molecule has 0 amide bonds. The number of hydrogen-bond acceptors (Lipinski definition) is 3. The standard InChI is InChI=1S/C14H28N2O2S/c1-5-13(2,3)11-6-8-14(9-7-11)12(15)10-19(17,18)16(14)4/h11-12H,5-10,15H2,1-4H3. The average molecular weight is 288 g/mol. The first-order valence-corrected chi connectivity index (χ1v) is 8.99. The fraction of sp³-hybridized carbons (Fsp3) is 1.00. The molecule has 5 heteroatoms. The minimum Gasteiger partial charge on any atom is -0.325 e. The van der Waals surface area contributed by atoms with E-state index in [1.807, 2.05) is 0 Å². The van der Waals surface area contributed by atoms with E-state index in [0.717, 1.165) is 25.7 Å². The van der Waals surface area contributed by atoms with Gasteiger partial charge < -0.3 is 5.73 Å². The monoisotopic (exact) mass is 288 g/mol. The predicted molar refractivity (Wildman–Crippen MR) is 78.3 cm³/mol. The van der Waals surface area contributed by atoms with Crippen LogP contribution in [0.25, 0.3) is 0 Å². The zero-order valence-electron chi connectivity index (χ0n) is 12.6. The van der Waals surface area contributed by atoms with E-state index in [9.17, 15) is 8.42 Å². The molecule has 19 heavy (non-hydrogen) atoms. The van der Waals surface area contributed by atoms with Crippen LogP contribution >= 0.6 is 0 Å². The van der Waals surface area contributed by atoms with Crippen molar-refractivity contribution < 1.29 is 8.42 Å². The summed E-state index contributed by atoms with van der Waals surface area (Å²) in [5.74, 6) is 0.803. The number of likely N-dealkylation sites (N-methyl/N-ethyl adjacent to an activating group) is 1. The third-order valence-corrected chi connectivity index (χ3v) is 7.97. The van der Waals surface area contributed by atoms with E-state index >= 15 is 0 Å². The van der Waals surface area contributed by atoms with E-state index in [-0.39, 0.29) is 17.3 Å². The Morgan fingerprint density at radius 3 is 2.21 bits per heavy atom. The molecule has 1 aliphatic carbocycles. The van der Waals surface area contributed by atoms with Crippen molar-refractivity contribution in [3.05, 3.63) is 0 Å². The summed E-state index contributed by atoms with van der Waals surface area (Å²) in [6, 6.07) is -0.229. The smallest absolute Gasteiger partial charge is 0.216 e. The summed E-state index contributed by atoms with van der Waals surface area (Å²) in [5, 5.41) is 0. The number of sulfonamides is 1. The van der Waals surface area contributed by atoms with Gasteiger partial charge in [-0.3, -0.25) is 0 Å². The van der Waals surface area contributed by atoms with Crippen LogP contribution in [0.3, 0.4) is 0 Å². The first-order chi connectivity index (χ1) is 8.66. The molecule has 1 spiro atoms. The zero-order chi connectivity index (χ0) is 14.5. The van der Waals surface area contributed by atoms with Crippen LogP contribution in [0.5, 0.6) is 0 Å². The molecule has 112 valence electrons.